The van der Waals surface area contributed by atoms with E-state index in [1.165, 1.54) is 37.7 Å². The summed E-state index contributed by atoms with van der Waals surface area (Å²) >= 11 is 0. The predicted octanol–water partition coefficient (Wildman–Crippen LogP) is 3.46. The molecule has 1 fully saturated rings. The molecule has 1 aromatic carbocycles. The molecule has 1 aliphatic carbocycles. The van der Waals surface area contributed by atoms with E-state index in [0.717, 1.165) is 18.3 Å². The molecule has 3 heteroatoms. The summed E-state index contributed by atoms with van der Waals surface area (Å²) in [5, 5.41) is 0. The largest absolute Gasteiger partial charge is 0.399 e. The lowest BCUT2D eigenvalue weighted by Gasteiger charge is -2.31. The number of halogens is 1. The first-order chi connectivity index (χ1) is 7.75. The van der Waals surface area contributed by atoms with E-state index in [1.807, 2.05) is 12.1 Å². The summed E-state index contributed by atoms with van der Waals surface area (Å²) in [5.41, 5.74) is 7.99. The van der Waals surface area contributed by atoms with E-state index >= 15 is 0 Å². The van der Waals surface area contributed by atoms with Gasteiger partial charge in [-0.2, -0.15) is 0 Å². The zero-order chi connectivity index (χ0) is 11.4. The standard InChI is InChI=1S/C14H22N2.ClH/c1-16(14-8-3-2-4-9-14)11-12-6-5-7-13(15)10-12;/h5-7,10,14H,2-4,8-9,11,15H2,1H3;1H. The van der Waals surface area contributed by atoms with Crippen LogP contribution in [-0.2, 0) is 6.54 Å². The van der Waals surface area contributed by atoms with E-state index in [1.54, 1.807) is 0 Å². The molecule has 0 radical (unpaired) electrons. The molecule has 2 N–H and O–H groups in total. The van der Waals surface area contributed by atoms with Gasteiger partial charge in [0.15, 0.2) is 0 Å². The van der Waals surface area contributed by atoms with Gasteiger partial charge in [0.05, 0.1) is 0 Å². The number of benzene rings is 1. The van der Waals surface area contributed by atoms with Crippen molar-refractivity contribution in [1.82, 2.24) is 4.90 Å². The quantitative estimate of drug-likeness (QED) is 0.838. The number of nitrogens with zero attached hydrogens (tertiary/aromatic N) is 1. The normalized spacial score (nSPS) is 16.8. The van der Waals surface area contributed by atoms with Gasteiger partial charge in [-0.05, 0) is 37.6 Å². The molecule has 1 aliphatic rings. The number of anilines is 1. The van der Waals surface area contributed by atoms with E-state index in [4.69, 9.17) is 5.73 Å². The van der Waals surface area contributed by atoms with E-state index in [2.05, 4.69) is 24.1 Å². The molecule has 0 bridgehead atoms. The Labute approximate surface area is 111 Å². The van der Waals surface area contributed by atoms with Crippen molar-refractivity contribution in [2.45, 2.75) is 44.7 Å². The Morgan fingerprint density at radius 3 is 2.59 bits per heavy atom. The molecule has 0 amide bonds. The lowest BCUT2D eigenvalue weighted by molar-refractivity contribution is 0.184. The fourth-order valence-corrected chi connectivity index (χ4v) is 2.63. The fourth-order valence-electron chi connectivity index (χ4n) is 2.63. The van der Waals surface area contributed by atoms with Crippen LogP contribution in [0.2, 0.25) is 0 Å². The highest BCUT2D eigenvalue weighted by Crippen LogP contribution is 2.23. The summed E-state index contributed by atoms with van der Waals surface area (Å²) in [7, 11) is 2.24. The predicted molar refractivity (Wildman–Crippen MR) is 76.4 cm³/mol. The average Bonchev–Trinajstić information content (AvgIpc) is 2.30. The van der Waals surface area contributed by atoms with Gasteiger partial charge >= 0.3 is 0 Å². The summed E-state index contributed by atoms with van der Waals surface area (Å²) in [4.78, 5) is 2.48. The molecule has 0 spiro atoms. The van der Waals surface area contributed by atoms with Gasteiger partial charge in [-0.15, -0.1) is 12.4 Å². The van der Waals surface area contributed by atoms with E-state index in [9.17, 15) is 0 Å². The fraction of sp³-hybridized carbons (Fsp3) is 0.571. The Kier molecular flexibility index (Phi) is 5.79. The molecule has 0 aromatic heterocycles. The maximum Gasteiger partial charge on any atom is 0.0317 e. The first-order valence-electron chi connectivity index (χ1n) is 6.30. The van der Waals surface area contributed by atoms with Crippen molar-refractivity contribution in [3.05, 3.63) is 29.8 Å². The van der Waals surface area contributed by atoms with Crippen LogP contribution in [0, 0.1) is 0 Å². The third kappa shape index (κ3) is 4.21. The summed E-state index contributed by atoms with van der Waals surface area (Å²) < 4.78 is 0. The van der Waals surface area contributed by atoms with Gasteiger partial charge < -0.3 is 5.73 Å². The van der Waals surface area contributed by atoms with Gasteiger partial charge in [0.2, 0.25) is 0 Å². The molecule has 2 rings (SSSR count). The minimum atomic E-state index is 0. The second kappa shape index (κ2) is 6.87. The minimum absolute atomic E-state index is 0. The average molecular weight is 255 g/mol. The molecule has 0 aliphatic heterocycles. The Bertz CT molecular complexity index is 335. The van der Waals surface area contributed by atoms with Crippen molar-refractivity contribution in [1.29, 1.82) is 0 Å². The molecular weight excluding hydrogens is 232 g/mol. The van der Waals surface area contributed by atoms with Crippen LogP contribution in [0.4, 0.5) is 5.69 Å². The van der Waals surface area contributed by atoms with Crippen molar-refractivity contribution in [3.63, 3.8) is 0 Å². The summed E-state index contributed by atoms with van der Waals surface area (Å²) in [6.45, 7) is 1.02. The molecule has 17 heavy (non-hydrogen) atoms. The SMILES string of the molecule is CN(Cc1cccc(N)c1)C1CCCCC1.Cl. The molecule has 1 aromatic rings. The monoisotopic (exact) mass is 254 g/mol. The van der Waals surface area contributed by atoms with Gasteiger partial charge in [0.25, 0.3) is 0 Å². The smallest absolute Gasteiger partial charge is 0.0317 e. The highest BCUT2D eigenvalue weighted by Gasteiger charge is 2.17. The molecule has 0 saturated heterocycles. The van der Waals surface area contributed by atoms with Crippen LogP contribution in [-0.4, -0.2) is 18.0 Å². The number of nitrogens with two attached hydrogens (primary N) is 1. The Morgan fingerprint density at radius 2 is 1.94 bits per heavy atom. The zero-order valence-electron chi connectivity index (χ0n) is 10.6. The van der Waals surface area contributed by atoms with Crippen LogP contribution in [0.5, 0.6) is 0 Å². The molecular formula is C14H23ClN2. The van der Waals surface area contributed by atoms with Crippen LogP contribution in [0.1, 0.15) is 37.7 Å². The first-order valence-corrected chi connectivity index (χ1v) is 6.30. The minimum Gasteiger partial charge on any atom is -0.399 e. The van der Waals surface area contributed by atoms with Gasteiger partial charge in [0, 0.05) is 18.3 Å². The van der Waals surface area contributed by atoms with Crippen LogP contribution in [0.3, 0.4) is 0 Å². The maximum atomic E-state index is 5.79. The van der Waals surface area contributed by atoms with Crippen LogP contribution >= 0.6 is 12.4 Å². The second-order valence-electron chi connectivity index (χ2n) is 4.95. The van der Waals surface area contributed by atoms with Gasteiger partial charge in [-0.3, -0.25) is 4.90 Å². The lowest BCUT2D eigenvalue weighted by atomic mass is 9.94. The Morgan fingerprint density at radius 1 is 1.24 bits per heavy atom. The summed E-state index contributed by atoms with van der Waals surface area (Å²) in [6.07, 6.45) is 6.93. The Balaban J connectivity index is 0.00000144. The molecule has 0 unspecified atom stereocenters. The molecule has 96 valence electrons. The van der Waals surface area contributed by atoms with Crippen LogP contribution in [0.25, 0.3) is 0 Å². The third-order valence-electron chi connectivity index (χ3n) is 3.58. The second-order valence-corrected chi connectivity index (χ2v) is 4.95. The Hall–Kier alpha value is -0.730. The number of hydrogen-bond acceptors (Lipinski definition) is 2. The van der Waals surface area contributed by atoms with Crippen LogP contribution < -0.4 is 5.73 Å². The molecule has 2 nitrogen and oxygen atoms in total. The zero-order valence-corrected chi connectivity index (χ0v) is 11.4. The van der Waals surface area contributed by atoms with Crippen molar-refractivity contribution < 1.29 is 0 Å². The number of hydrogen-bond donors (Lipinski definition) is 1. The van der Waals surface area contributed by atoms with Crippen molar-refractivity contribution >= 4 is 18.1 Å². The third-order valence-corrected chi connectivity index (χ3v) is 3.58. The highest BCUT2D eigenvalue weighted by molar-refractivity contribution is 5.85. The summed E-state index contributed by atoms with van der Waals surface area (Å²) in [5.74, 6) is 0. The lowest BCUT2D eigenvalue weighted by Crippen LogP contribution is -2.32. The maximum absolute atomic E-state index is 5.79. The molecule has 0 heterocycles. The first kappa shape index (κ1) is 14.3. The van der Waals surface area contributed by atoms with Crippen molar-refractivity contribution in [3.8, 4) is 0 Å². The van der Waals surface area contributed by atoms with Gasteiger partial charge in [0.1, 0.15) is 0 Å². The molecule has 1 saturated carbocycles. The van der Waals surface area contributed by atoms with Gasteiger partial charge in [-0.25, -0.2) is 0 Å². The number of nitrogen functional groups attached to an aromatic ring is 1. The summed E-state index contributed by atoms with van der Waals surface area (Å²) in [6, 6.07) is 9.01. The topological polar surface area (TPSA) is 29.3 Å². The van der Waals surface area contributed by atoms with E-state index in [-0.39, 0.29) is 12.4 Å². The van der Waals surface area contributed by atoms with Crippen molar-refractivity contribution in [2.24, 2.45) is 0 Å². The van der Waals surface area contributed by atoms with E-state index in [0.29, 0.717) is 0 Å². The highest BCUT2D eigenvalue weighted by atomic mass is 35.5. The van der Waals surface area contributed by atoms with E-state index < -0.39 is 0 Å². The van der Waals surface area contributed by atoms with Gasteiger partial charge in [-0.1, -0.05) is 31.4 Å². The van der Waals surface area contributed by atoms with Crippen molar-refractivity contribution in [2.75, 3.05) is 12.8 Å². The van der Waals surface area contributed by atoms with Crippen LogP contribution in [0.15, 0.2) is 24.3 Å². The number of rotatable bonds is 3. The molecule has 0 atom stereocenters.